The summed E-state index contributed by atoms with van der Waals surface area (Å²) in [4.78, 5) is 33.0. The first-order chi connectivity index (χ1) is 8.02. The predicted octanol–water partition coefficient (Wildman–Crippen LogP) is 1.71. The molecule has 4 nitrogen and oxygen atoms in total. The van der Waals surface area contributed by atoms with Gasteiger partial charge in [0.1, 0.15) is 5.78 Å². The third-order valence-corrected chi connectivity index (χ3v) is 1.82. The number of hydrogen-bond donors (Lipinski definition) is 0. The van der Waals surface area contributed by atoms with E-state index in [1.165, 1.54) is 26.0 Å². The molecular formula is C13H13NO3. The van der Waals surface area contributed by atoms with Crippen LogP contribution in [0.15, 0.2) is 42.5 Å². The lowest BCUT2D eigenvalue weighted by Crippen LogP contribution is -2.29. The number of nitrogens with zero attached hydrogens (tertiary/aromatic N) is 1. The van der Waals surface area contributed by atoms with Crippen molar-refractivity contribution in [3.8, 4) is 0 Å². The maximum atomic E-state index is 11.2. The van der Waals surface area contributed by atoms with E-state index in [0.29, 0.717) is 5.69 Å². The molecule has 0 aliphatic carbocycles. The Hall–Kier alpha value is -2.23. The Morgan fingerprint density at radius 1 is 0.941 bits per heavy atom. The van der Waals surface area contributed by atoms with Crippen molar-refractivity contribution in [3.63, 3.8) is 0 Å². The highest BCUT2D eigenvalue weighted by atomic mass is 16.2. The van der Waals surface area contributed by atoms with E-state index in [2.05, 4.69) is 0 Å². The van der Waals surface area contributed by atoms with Crippen molar-refractivity contribution in [2.45, 2.75) is 13.8 Å². The Kier molecular flexibility index (Phi) is 4.34. The number of hydrogen-bond acceptors (Lipinski definition) is 3. The second-order valence-corrected chi connectivity index (χ2v) is 3.59. The lowest BCUT2D eigenvalue weighted by Gasteiger charge is -2.12. The molecule has 0 bridgehead atoms. The summed E-state index contributed by atoms with van der Waals surface area (Å²) in [6, 6.07) is 8.86. The fourth-order valence-electron chi connectivity index (χ4n) is 1.23. The van der Waals surface area contributed by atoms with Gasteiger partial charge in [0.05, 0.1) is 5.69 Å². The molecule has 0 N–H and O–H groups in total. The van der Waals surface area contributed by atoms with Crippen molar-refractivity contribution in [1.29, 1.82) is 0 Å². The van der Waals surface area contributed by atoms with Gasteiger partial charge in [-0.1, -0.05) is 18.2 Å². The van der Waals surface area contributed by atoms with E-state index >= 15 is 0 Å². The number of Topliss-reactive ketones (excluding diaryl/α,β-unsaturated/α-hetero) is 1. The maximum absolute atomic E-state index is 11.2. The Morgan fingerprint density at radius 3 is 1.76 bits per heavy atom. The van der Waals surface area contributed by atoms with Gasteiger partial charge in [-0.15, -0.1) is 0 Å². The molecule has 4 heteroatoms. The summed E-state index contributed by atoms with van der Waals surface area (Å²) >= 11 is 0. The van der Waals surface area contributed by atoms with E-state index in [1.54, 1.807) is 24.3 Å². The molecule has 0 unspecified atom stereocenters. The quantitative estimate of drug-likeness (QED) is 0.691. The molecule has 0 saturated heterocycles. The summed E-state index contributed by atoms with van der Waals surface area (Å²) in [7, 11) is 0. The van der Waals surface area contributed by atoms with E-state index in [1.807, 2.05) is 6.07 Å². The fourth-order valence-corrected chi connectivity index (χ4v) is 1.23. The number of benzene rings is 1. The van der Waals surface area contributed by atoms with Crippen LogP contribution in [0.25, 0.3) is 0 Å². The number of rotatable bonds is 1. The number of ketones is 1. The number of carbonyl (C=O) groups is 3. The Labute approximate surface area is 99.5 Å². The van der Waals surface area contributed by atoms with Gasteiger partial charge in [0.15, 0.2) is 0 Å². The van der Waals surface area contributed by atoms with Crippen LogP contribution >= 0.6 is 0 Å². The van der Waals surface area contributed by atoms with E-state index in [4.69, 9.17) is 0 Å². The lowest BCUT2D eigenvalue weighted by atomic mass is 10.3. The minimum absolute atomic E-state index is 0.167. The summed E-state index contributed by atoms with van der Waals surface area (Å²) < 4.78 is 0. The third kappa shape index (κ3) is 3.68. The third-order valence-electron chi connectivity index (χ3n) is 1.82. The maximum Gasteiger partial charge on any atom is 0.258 e. The van der Waals surface area contributed by atoms with Gasteiger partial charge >= 0.3 is 0 Å². The molecule has 2 rings (SSSR count). The zero-order valence-corrected chi connectivity index (χ0v) is 9.71. The minimum Gasteiger partial charge on any atom is -0.300 e. The Bertz CT molecular complexity index is 441. The van der Waals surface area contributed by atoms with Crippen molar-refractivity contribution < 1.29 is 14.4 Å². The van der Waals surface area contributed by atoms with Crippen LogP contribution in [0.1, 0.15) is 13.8 Å². The highest BCUT2D eigenvalue weighted by Crippen LogP contribution is 2.17. The van der Waals surface area contributed by atoms with Crippen molar-refractivity contribution >= 4 is 23.3 Å². The van der Waals surface area contributed by atoms with Crippen molar-refractivity contribution in [2.24, 2.45) is 0 Å². The van der Waals surface area contributed by atoms with Gasteiger partial charge in [-0.2, -0.15) is 0 Å². The average Bonchev–Trinajstić information content (AvgIpc) is 2.59. The molecule has 0 aromatic heterocycles. The van der Waals surface area contributed by atoms with Crippen LogP contribution in [0.4, 0.5) is 5.69 Å². The van der Waals surface area contributed by atoms with E-state index in [-0.39, 0.29) is 17.6 Å². The summed E-state index contributed by atoms with van der Waals surface area (Å²) in [6.45, 7) is 3.06. The number of carbonyl (C=O) groups excluding carboxylic acids is 3. The van der Waals surface area contributed by atoms with Crippen LogP contribution in [0.3, 0.4) is 0 Å². The first-order valence-corrected chi connectivity index (χ1v) is 5.10. The second kappa shape index (κ2) is 5.75. The van der Waals surface area contributed by atoms with Crippen LogP contribution in [0, 0.1) is 0 Å². The van der Waals surface area contributed by atoms with Crippen molar-refractivity contribution in [2.75, 3.05) is 4.90 Å². The van der Waals surface area contributed by atoms with Crippen LogP contribution in [-0.2, 0) is 14.4 Å². The fraction of sp³-hybridized carbons (Fsp3) is 0.154. The molecule has 1 aliphatic rings. The Morgan fingerprint density at radius 2 is 1.35 bits per heavy atom. The molecular weight excluding hydrogens is 218 g/mol. The standard InChI is InChI=1S/C10H7NO2.C3H6O/c12-9-6-7-10(13)11(9)8-4-2-1-3-5-8;1-3(2)4/h1-7H;1-2H3. The molecule has 0 saturated carbocycles. The monoisotopic (exact) mass is 231 g/mol. The molecule has 0 fully saturated rings. The van der Waals surface area contributed by atoms with E-state index < -0.39 is 0 Å². The van der Waals surface area contributed by atoms with Crippen LogP contribution in [0.5, 0.6) is 0 Å². The first kappa shape index (κ1) is 12.8. The minimum atomic E-state index is -0.281. The number of amides is 2. The predicted molar refractivity (Wildman–Crippen MR) is 64.4 cm³/mol. The zero-order valence-electron chi connectivity index (χ0n) is 9.71. The van der Waals surface area contributed by atoms with Gasteiger partial charge in [0.2, 0.25) is 0 Å². The average molecular weight is 231 g/mol. The van der Waals surface area contributed by atoms with Crippen LogP contribution in [0.2, 0.25) is 0 Å². The molecule has 2 amide bonds. The summed E-state index contributed by atoms with van der Waals surface area (Å²) in [5.74, 6) is -0.396. The molecule has 1 aromatic carbocycles. The topological polar surface area (TPSA) is 54.5 Å². The molecule has 1 aliphatic heterocycles. The molecule has 0 atom stereocenters. The van der Waals surface area contributed by atoms with Crippen molar-refractivity contribution in [1.82, 2.24) is 0 Å². The van der Waals surface area contributed by atoms with E-state index in [9.17, 15) is 14.4 Å². The molecule has 17 heavy (non-hydrogen) atoms. The highest BCUT2D eigenvalue weighted by molar-refractivity contribution is 6.28. The number of para-hydroxylation sites is 1. The largest absolute Gasteiger partial charge is 0.300 e. The second-order valence-electron chi connectivity index (χ2n) is 3.59. The smallest absolute Gasteiger partial charge is 0.258 e. The zero-order chi connectivity index (χ0) is 12.8. The van der Waals surface area contributed by atoms with Gasteiger partial charge in [-0.3, -0.25) is 9.59 Å². The van der Waals surface area contributed by atoms with Crippen LogP contribution < -0.4 is 4.90 Å². The van der Waals surface area contributed by atoms with E-state index in [0.717, 1.165) is 4.90 Å². The van der Waals surface area contributed by atoms with Gasteiger partial charge in [-0.25, -0.2) is 4.90 Å². The van der Waals surface area contributed by atoms with Gasteiger partial charge in [0, 0.05) is 12.2 Å². The molecule has 1 heterocycles. The lowest BCUT2D eigenvalue weighted by molar-refractivity contribution is -0.120. The van der Waals surface area contributed by atoms with Gasteiger partial charge < -0.3 is 4.79 Å². The number of imide groups is 1. The molecule has 0 radical (unpaired) electrons. The molecule has 88 valence electrons. The summed E-state index contributed by atoms with van der Waals surface area (Å²) in [5, 5.41) is 0. The number of anilines is 1. The van der Waals surface area contributed by atoms with Crippen molar-refractivity contribution in [3.05, 3.63) is 42.5 Å². The van der Waals surface area contributed by atoms with Gasteiger partial charge in [-0.05, 0) is 26.0 Å². The normalized spacial score (nSPS) is 13.4. The summed E-state index contributed by atoms with van der Waals surface area (Å²) in [5.41, 5.74) is 0.613. The molecule has 0 spiro atoms. The van der Waals surface area contributed by atoms with Gasteiger partial charge in [0.25, 0.3) is 11.8 Å². The first-order valence-electron chi connectivity index (χ1n) is 5.10. The summed E-state index contributed by atoms with van der Waals surface area (Å²) in [6.07, 6.45) is 2.55. The molecule has 1 aromatic rings. The van der Waals surface area contributed by atoms with Crippen LogP contribution in [-0.4, -0.2) is 17.6 Å². The SMILES string of the molecule is CC(C)=O.O=C1C=CC(=O)N1c1ccccc1. The highest BCUT2D eigenvalue weighted by Gasteiger charge is 2.24. The Balaban J connectivity index is 0.000000317.